The molecule has 0 radical (unpaired) electrons. The van der Waals surface area contributed by atoms with Gasteiger partial charge in [-0.3, -0.25) is 4.79 Å². The fourth-order valence-corrected chi connectivity index (χ4v) is 2.87. The molecule has 1 heterocycles. The quantitative estimate of drug-likeness (QED) is 0.864. The first kappa shape index (κ1) is 19.6. The van der Waals surface area contributed by atoms with Crippen LogP contribution in [0.2, 0.25) is 0 Å². The monoisotopic (exact) mass is 359 g/mol. The van der Waals surface area contributed by atoms with E-state index in [1.807, 2.05) is 24.0 Å². The summed E-state index contributed by atoms with van der Waals surface area (Å²) in [7, 11) is 0. The van der Waals surface area contributed by atoms with Gasteiger partial charge in [-0.1, -0.05) is 23.9 Å². The van der Waals surface area contributed by atoms with Gasteiger partial charge in [-0.05, 0) is 24.6 Å². The molecule has 1 fully saturated rings. The van der Waals surface area contributed by atoms with Crippen LogP contribution in [0, 0.1) is 0 Å². The Morgan fingerprint density at radius 1 is 1.26 bits per heavy atom. The highest BCUT2D eigenvalue weighted by molar-refractivity contribution is 8.12. The summed E-state index contributed by atoms with van der Waals surface area (Å²) in [5.41, 5.74) is 1.02. The lowest BCUT2D eigenvalue weighted by Gasteiger charge is -2.26. The second kappa shape index (κ2) is 10.4. The van der Waals surface area contributed by atoms with Gasteiger partial charge in [0.15, 0.2) is 0 Å². The zero-order chi connectivity index (χ0) is 15.8. The molecule has 0 unspecified atom stereocenters. The van der Waals surface area contributed by atoms with Crippen LogP contribution in [0.25, 0.3) is 0 Å². The zero-order valence-electron chi connectivity index (χ0n) is 13.0. The molecule has 2 amide bonds. The van der Waals surface area contributed by atoms with Gasteiger partial charge in [-0.15, -0.1) is 12.4 Å². The third-order valence-corrected chi connectivity index (χ3v) is 4.18. The zero-order valence-corrected chi connectivity index (χ0v) is 14.7. The Balaban J connectivity index is 0.00000264. The van der Waals surface area contributed by atoms with Gasteiger partial charge in [-0.25, -0.2) is 4.79 Å². The predicted molar refractivity (Wildman–Crippen MR) is 94.5 cm³/mol. The van der Waals surface area contributed by atoms with Crippen LogP contribution in [0.15, 0.2) is 24.3 Å². The summed E-state index contributed by atoms with van der Waals surface area (Å²) in [5, 5.41) is 5.90. The van der Waals surface area contributed by atoms with E-state index < -0.39 is 6.09 Å². The fourth-order valence-electron chi connectivity index (χ4n) is 2.02. The van der Waals surface area contributed by atoms with Crippen LogP contribution in [-0.2, 0) is 5.75 Å². The molecule has 128 valence electrons. The van der Waals surface area contributed by atoms with E-state index in [-0.39, 0.29) is 17.6 Å². The summed E-state index contributed by atoms with van der Waals surface area (Å²) >= 11 is 1.30. The van der Waals surface area contributed by atoms with E-state index in [0.29, 0.717) is 18.0 Å². The highest BCUT2D eigenvalue weighted by Gasteiger charge is 2.16. The van der Waals surface area contributed by atoms with Gasteiger partial charge in [0, 0.05) is 38.5 Å². The van der Waals surface area contributed by atoms with E-state index >= 15 is 0 Å². The number of thioether (sulfide) groups is 1. The molecule has 1 aromatic carbocycles. The van der Waals surface area contributed by atoms with Crippen molar-refractivity contribution in [3.8, 4) is 5.75 Å². The summed E-state index contributed by atoms with van der Waals surface area (Å²) in [6.45, 7) is 5.62. The van der Waals surface area contributed by atoms with Crippen molar-refractivity contribution >= 4 is 35.5 Å². The van der Waals surface area contributed by atoms with Crippen LogP contribution in [0.3, 0.4) is 0 Å². The molecule has 0 saturated carbocycles. The molecule has 1 aliphatic rings. The number of benzene rings is 1. The first-order chi connectivity index (χ1) is 10.7. The molecule has 0 aromatic heterocycles. The molecule has 2 N–H and O–H groups in total. The Kier molecular flexibility index (Phi) is 8.83. The fraction of sp³-hybridized carbons (Fsp3) is 0.467. The molecule has 8 heteroatoms. The normalized spacial score (nSPS) is 13.9. The first-order valence-corrected chi connectivity index (χ1v) is 8.34. The third-order valence-electron chi connectivity index (χ3n) is 3.19. The number of piperazine rings is 1. The van der Waals surface area contributed by atoms with E-state index in [1.165, 1.54) is 11.8 Å². The number of carbonyl (C=O) groups is 2. The Morgan fingerprint density at radius 3 is 2.52 bits per heavy atom. The molecular weight excluding hydrogens is 338 g/mol. The van der Waals surface area contributed by atoms with E-state index in [4.69, 9.17) is 4.74 Å². The lowest BCUT2D eigenvalue weighted by Crippen LogP contribution is -2.45. The van der Waals surface area contributed by atoms with Gasteiger partial charge in [-0.2, -0.15) is 0 Å². The van der Waals surface area contributed by atoms with Gasteiger partial charge in [0.25, 0.3) is 5.24 Å². The number of carbonyl (C=O) groups excluding carboxylic acids is 2. The standard InChI is InChI=1S/C15H21N3O3S.ClH/c1-2-17-14(19)21-13-5-3-12(4-6-13)11-22-15(20)18-9-7-16-8-10-18;/h3-6,16H,2,7-11H2,1H3,(H,17,19);1H. The molecule has 1 saturated heterocycles. The molecule has 0 atom stereocenters. The Morgan fingerprint density at radius 2 is 1.91 bits per heavy atom. The number of ether oxygens (including phenoxy) is 1. The highest BCUT2D eigenvalue weighted by Crippen LogP contribution is 2.19. The minimum absolute atomic E-state index is 0. The third kappa shape index (κ3) is 6.68. The number of hydrogen-bond donors (Lipinski definition) is 2. The SMILES string of the molecule is CCNC(=O)Oc1ccc(CSC(=O)N2CCNCC2)cc1.Cl. The molecular formula is C15H22ClN3O3S. The van der Waals surface area contributed by atoms with Crippen LogP contribution in [-0.4, -0.2) is 49.0 Å². The summed E-state index contributed by atoms with van der Waals surface area (Å²) in [6.07, 6.45) is -0.460. The number of halogens is 1. The van der Waals surface area contributed by atoms with Crippen molar-refractivity contribution in [1.82, 2.24) is 15.5 Å². The van der Waals surface area contributed by atoms with Gasteiger partial charge in [0.2, 0.25) is 0 Å². The Labute approximate surface area is 146 Å². The summed E-state index contributed by atoms with van der Waals surface area (Å²) in [5.74, 6) is 1.11. The second-order valence-electron chi connectivity index (χ2n) is 4.86. The average molecular weight is 360 g/mol. The van der Waals surface area contributed by atoms with Crippen LogP contribution < -0.4 is 15.4 Å². The maximum atomic E-state index is 12.0. The molecule has 0 aliphatic carbocycles. The molecule has 0 bridgehead atoms. The van der Waals surface area contributed by atoms with E-state index in [1.54, 1.807) is 12.1 Å². The van der Waals surface area contributed by atoms with E-state index in [9.17, 15) is 9.59 Å². The van der Waals surface area contributed by atoms with Gasteiger partial charge in [0.1, 0.15) is 5.75 Å². The molecule has 23 heavy (non-hydrogen) atoms. The topological polar surface area (TPSA) is 70.7 Å². The summed E-state index contributed by atoms with van der Waals surface area (Å²) < 4.78 is 5.09. The van der Waals surface area contributed by atoms with Crippen molar-refractivity contribution in [3.05, 3.63) is 29.8 Å². The largest absolute Gasteiger partial charge is 0.412 e. The van der Waals surface area contributed by atoms with Crippen molar-refractivity contribution < 1.29 is 14.3 Å². The minimum atomic E-state index is -0.460. The van der Waals surface area contributed by atoms with Gasteiger partial charge in [0.05, 0.1) is 0 Å². The van der Waals surface area contributed by atoms with Crippen molar-refractivity contribution in [2.24, 2.45) is 0 Å². The van der Waals surface area contributed by atoms with E-state index in [0.717, 1.165) is 31.7 Å². The number of rotatable bonds is 4. The molecule has 2 rings (SSSR count). The molecule has 1 aromatic rings. The number of nitrogens with zero attached hydrogens (tertiary/aromatic N) is 1. The first-order valence-electron chi connectivity index (χ1n) is 7.36. The number of amides is 2. The van der Waals surface area contributed by atoms with Crippen molar-refractivity contribution in [3.63, 3.8) is 0 Å². The summed E-state index contributed by atoms with van der Waals surface area (Å²) in [6, 6.07) is 7.21. The maximum absolute atomic E-state index is 12.0. The van der Waals surface area contributed by atoms with Crippen LogP contribution in [0.5, 0.6) is 5.75 Å². The van der Waals surface area contributed by atoms with Crippen molar-refractivity contribution in [2.75, 3.05) is 32.7 Å². The van der Waals surface area contributed by atoms with Crippen molar-refractivity contribution in [2.45, 2.75) is 12.7 Å². The summed E-state index contributed by atoms with van der Waals surface area (Å²) in [4.78, 5) is 25.2. The van der Waals surface area contributed by atoms with E-state index in [2.05, 4.69) is 10.6 Å². The van der Waals surface area contributed by atoms with Gasteiger partial charge >= 0.3 is 6.09 Å². The molecule has 6 nitrogen and oxygen atoms in total. The smallest absolute Gasteiger partial charge is 0.410 e. The molecule has 0 spiro atoms. The van der Waals surface area contributed by atoms with Crippen LogP contribution >= 0.6 is 24.2 Å². The van der Waals surface area contributed by atoms with Gasteiger partial charge < -0.3 is 20.3 Å². The highest BCUT2D eigenvalue weighted by atomic mass is 35.5. The Bertz CT molecular complexity index is 507. The van der Waals surface area contributed by atoms with Crippen molar-refractivity contribution in [1.29, 1.82) is 0 Å². The number of hydrogen-bond acceptors (Lipinski definition) is 5. The predicted octanol–water partition coefficient (Wildman–Crippen LogP) is 2.48. The Hall–Kier alpha value is -1.44. The second-order valence-corrected chi connectivity index (χ2v) is 5.78. The lowest BCUT2D eigenvalue weighted by molar-refractivity contribution is 0.201. The number of nitrogens with one attached hydrogen (secondary N) is 2. The average Bonchev–Trinajstić information content (AvgIpc) is 2.55. The van der Waals surface area contributed by atoms with Crippen LogP contribution in [0.1, 0.15) is 12.5 Å². The minimum Gasteiger partial charge on any atom is -0.410 e. The maximum Gasteiger partial charge on any atom is 0.412 e. The van der Waals surface area contributed by atoms with Crippen LogP contribution in [0.4, 0.5) is 9.59 Å². The molecule has 1 aliphatic heterocycles. The lowest BCUT2D eigenvalue weighted by atomic mass is 10.2.